The number of hydrogen-bond donors (Lipinski definition) is 14. The summed E-state index contributed by atoms with van der Waals surface area (Å²) in [6.45, 7) is 3.27. The first-order valence-corrected chi connectivity index (χ1v) is 46.3. The molecule has 0 radical (unpaired) electrons. The Kier molecular flexibility index (Phi) is 30.3. The summed E-state index contributed by atoms with van der Waals surface area (Å²) in [7, 11) is 5.91. The van der Waals surface area contributed by atoms with Crippen LogP contribution in [0.2, 0.25) is 0 Å². The molecule has 22 rings (SSSR count). The zero-order valence-electron chi connectivity index (χ0n) is 81.1. The summed E-state index contributed by atoms with van der Waals surface area (Å²) in [5, 5.41) is 72.4. The van der Waals surface area contributed by atoms with E-state index in [1.165, 1.54) is 12.1 Å². The predicted octanol–water partition coefficient (Wildman–Crippen LogP) is 16.1. The van der Waals surface area contributed by atoms with E-state index in [2.05, 4.69) is 123 Å². The van der Waals surface area contributed by atoms with Gasteiger partial charge in [-0.2, -0.15) is 0 Å². The third kappa shape index (κ3) is 23.7. The molecule has 34 heteroatoms. The van der Waals surface area contributed by atoms with Gasteiger partial charge in [-0.15, -0.1) is 20.4 Å². The van der Waals surface area contributed by atoms with Gasteiger partial charge in [-0.25, -0.2) is 49.0 Å². The molecule has 0 aliphatic carbocycles. The van der Waals surface area contributed by atoms with Gasteiger partial charge in [0.15, 0.2) is 17.3 Å². The van der Waals surface area contributed by atoms with E-state index in [-0.39, 0.29) is 23.1 Å². The highest BCUT2D eigenvalue weighted by molar-refractivity contribution is 6.05. The van der Waals surface area contributed by atoms with Crippen molar-refractivity contribution in [3.8, 4) is 98.3 Å². The molecule has 0 bridgehead atoms. The number of amides is 1. The number of nitrogens with zero attached hydrogens (tertiary/aromatic N) is 18. The van der Waals surface area contributed by atoms with Crippen LogP contribution in [0.4, 0.5) is 29.1 Å². The molecule has 34 nitrogen and oxygen atoms in total. The molecular formula is C116H94N30O4. The molecule has 0 spiro atoms. The zero-order valence-corrected chi connectivity index (χ0v) is 81.1. The summed E-state index contributed by atoms with van der Waals surface area (Å²) in [5.41, 5.74) is 69.5. The van der Waals surface area contributed by atoms with E-state index in [4.69, 9.17) is 72.7 Å². The molecule has 0 saturated carbocycles. The van der Waals surface area contributed by atoms with Gasteiger partial charge in [-0.1, -0.05) is 232 Å². The molecule has 0 fully saturated rings. The minimum Gasteiger partial charge on any atom is -0.478 e. The minimum atomic E-state index is -0.956. The lowest BCUT2D eigenvalue weighted by Crippen LogP contribution is -2.12. The van der Waals surface area contributed by atoms with Crippen LogP contribution in [0.5, 0.6) is 0 Å². The monoisotopic (exact) mass is 1970 g/mol. The van der Waals surface area contributed by atoms with E-state index in [0.717, 1.165) is 143 Å². The number of imidazole rings is 1. The van der Waals surface area contributed by atoms with Crippen molar-refractivity contribution in [3.63, 3.8) is 0 Å². The number of fused-ring (bicyclic) bond motifs is 8. The first kappa shape index (κ1) is 99.9. The van der Waals surface area contributed by atoms with Crippen molar-refractivity contribution in [2.24, 2.45) is 35.1 Å². The van der Waals surface area contributed by atoms with Gasteiger partial charge >= 0.3 is 5.97 Å². The molecular weight excluding hydrogens is 1880 g/mol. The number of carboxylic acids is 1. The number of hydrogen-bond acceptors (Lipinski definition) is 25. The van der Waals surface area contributed by atoms with Gasteiger partial charge in [0.05, 0.1) is 70.1 Å². The molecule has 0 aliphatic heterocycles. The van der Waals surface area contributed by atoms with Gasteiger partial charge in [0.1, 0.15) is 64.3 Å². The van der Waals surface area contributed by atoms with Crippen molar-refractivity contribution in [1.82, 2.24) is 89.5 Å². The molecule has 0 atom stereocenters. The quantitative estimate of drug-likeness (QED) is 0.0168. The number of carboxylic acid groups (broad SMARTS) is 1. The number of carbonyl (C=O) groups excluding carboxylic acids is 1. The van der Waals surface area contributed by atoms with Crippen LogP contribution in [-0.4, -0.2) is 150 Å². The van der Waals surface area contributed by atoms with E-state index in [1.807, 2.05) is 262 Å². The average molecular weight is 1970 g/mol. The lowest BCUT2D eigenvalue weighted by atomic mass is 10.0. The normalized spacial score (nSPS) is 10.7. The molecule has 150 heavy (non-hydrogen) atoms. The van der Waals surface area contributed by atoms with Crippen molar-refractivity contribution in [1.29, 1.82) is 10.8 Å². The van der Waals surface area contributed by atoms with Gasteiger partial charge in [0.2, 0.25) is 5.91 Å². The molecule has 23 N–H and O–H groups in total. The summed E-state index contributed by atoms with van der Waals surface area (Å²) in [5.74, 6) is 27.3. The van der Waals surface area contributed by atoms with Crippen molar-refractivity contribution >= 4 is 134 Å². The summed E-state index contributed by atoms with van der Waals surface area (Å²) in [6, 6.07) is 86.8. The SMILES string of the molecule is CN(C)CC#Cc1ccc2cnc(N)c(C#Cc3ccc(-c4nncn4C)cc3)c2c1.Cc1ccc2cnc(N)c(C#Cc3ccc(C(=O)O)cc3)c2c1.N/C(=N/O)c1ccc(-c2nc3ncc4ccccc4c3[nH]2)cc1.N=C(N)c1ccc(-n2cc(-c3c(N)ncc4ccccc34)nn2)cc1.N=C(N)c1ccc(Cn2cc(-c3c(N)ncc4ccccc34)nn2)cc1.NC(=O)c1ccc(C#Cc2c(N)ncc3ccccc23)cc1. The standard InChI is InChI=1S/C25H22N6.C19H17N7.C19H14N2O2.C18H15N7.C18H13N3O.C17H13N5O/c1-30(2)14-4-5-19-8-12-21-16-27-24(26)22(23(21)15-19)13-9-18-6-10-20(11-7-18)25-29-28-17-31(25)3;20-18(21)13-7-5-12(6-8-13)10-26-11-16(24-25-26)17-15-4-2-1-3-14(15)9-23-19(17)22;1-12-2-6-15-11-21-18(20)16(17(15)10-12)9-5-13-3-7-14(8-4-13)19(22)23;19-17(20)11-5-7-13(8-6-11)25-10-15(23-24-25)16-14-4-2-1-3-12(14)9-22-18(16)21;19-17-16(15-4-2-1-3-14(15)11-21-17)10-7-12-5-8-13(9-6-12)18(20)22;18-15(22-23)10-5-7-11(8-6-10)16-20-14-13-4-2-1-3-12(13)9-19-17(14)21-16/h6-8,10-12,15-17H,14H2,1-3H3,(H2,26,27);1-9,11H,10H2,(H3,20,21)(H2,22,23);2-4,6-8,10-11H,1H3,(H2,20,21)(H,22,23);1-10H,(H3,19,20)(H2,21,22);1-6,8-9,11H,(H2,19,21)(H2,20,22);1-9,23H,(H2,18,22)(H,19,20,21). The number of pyridine rings is 6. The second-order valence-electron chi connectivity index (χ2n) is 34.3. The summed E-state index contributed by atoms with van der Waals surface area (Å²) < 4.78 is 5.28. The summed E-state index contributed by atoms with van der Waals surface area (Å²) in [4.78, 5) is 57.4. The Labute approximate surface area is 858 Å². The molecule has 10 heterocycles. The third-order valence-corrected chi connectivity index (χ3v) is 23.7. The molecule has 10 aromatic heterocycles. The molecule has 0 unspecified atom stereocenters. The van der Waals surface area contributed by atoms with Gasteiger partial charge in [0, 0.05) is 154 Å². The number of aromatic carboxylic acids is 1. The highest BCUT2D eigenvalue weighted by Crippen LogP contribution is 2.35. The fourth-order valence-electron chi connectivity index (χ4n) is 15.9. The Bertz CT molecular complexity index is 9190. The number of aromatic nitrogens is 17. The lowest BCUT2D eigenvalue weighted by Gasteiger charge is -2.06. The van der Waals surface area contributed by atoms with E-state index < -0.39 is 11.9 Å². The maximum atomic E-state index is 11.0. The van der Waals surface area contributed by atoms with Crippen molar-refractivity contribution in [3.05, 3.63) is 413 Å². The third-order valence-electron chi connectivity index (χ3n) is 23.7. The number of benzene rings is 12. The Balaban J connectivity index is 0.000000123. The number of aryl methyl sites for hydroxylation is 2. The topological polar surface area (TPSA) is 570 Å². The smallest absolute Gasteiger partial charge is 0.335 e. The van der Waals surface area contributed by atoms with Gasteiger partial charge in [-0.05, 0) is 153 Å². The van der Waals surface area contributed by atoms with Crippen LogP contribution in [0.1, 0.15) is 87.5 Å². The number of nitrogen functional groups attached to an aromatic ring is 7. The van der Waals surface area contributed by atoms with Gasteiger partial charge < -0.3 is 71.5 Å². The fourth-order valence-corrected chi connectivity index (χ4v) is 15.9. The highest BCUT2D eigenvalue weighted by Gasteiger charge is 2.19. The largest absolute Gasteiger partial charge is 0.478 e. The number of nitrogens with one attached hydrogen (secondary N) is 3. The van der Waals surface area contributed by atoms with Gasteiger partial charge in [-0.3, -0.25) is 20.5 Å². The average Bonchev–Trinajstić information content (AvgIpc) is 1.59. The first-order valence-electron chi connectivity index (χ1n) is 46.3. The van der Waals surface area contributed by atoms with Crippen molar-refractivity contribution < 1.29 is 19.9 Å². The van der Waals surface area contributed by atoms with E-state index in [9.17, 15) is 9.59 Å². The van der Waals surface area contributed by atoms with Crippen LogP contribution in [0.15, 0.2) is 340 Å². The van der Waals surface area contributed by atoms with Crippen LogP contribution in [0.25, 0.3) is 127 Å². The van der Waals surface area contributed by atoms with E-state index in [0.29, 0.717) is 98.2 Å². The number of amidine groups is 3. The van der Waals surface area contributed by atoms with E-state index >= 15 is 0 Å². The Morgan fingerprint density at radius 2 is 0.867 bits per heavy atom. The number of H-pyrrole nitrogens is 1. The molecule has 732 valence electrons. The second kappa shape index (κ2) is 45.5. The number of primary amides is 1. The number of oxime groups is 1. The van der Waals surface area contributed by atoms with Crippen molar-refractivity contribution in [2.45, 2.75) is 13.5 Å². The van der Waals surface area contributed by atoms with Gasteiger partial charge in [0.25, 0.3) is 0 Å². The van der Waals surface area contributed by atoms with Crippen LogP contribution in [-0.2, 0) is 13.6 Å². The number of aromatic amines is 1. The molecule has 0 aliphatic rings. The van der Waals surface area contributed by atoms with Crippen molar-refractivity contribution in [2.75, 3.05) is 49.3 Å². The number of anilines is 5. The Morgan fingerprint density at radius 1 is 0.433 bits per heavy atom. The summed E-state index contributed by atoms with van der Waals surface area (Å²) in [6.07, 6.45) is 15.9. The maximum absolute atomic E-state index is 11.0. The number of carbonyl (C=O) groups is 2. The summed E-state index contributed by atoms with van der Waals surface area (Å²) >= 11 is 0. The molecule has 12 aromatic carbocycles. The van der Waals surface area contributed by atoms with Crippen LogP contribution in [0, 0.1) is 65.1 Å². The Hall–Kier alpha value is -21.7. The Morgan fingerprint density at radius 3 is 1.39 bits per heavy atom. The maximum Gasteiger partial charge on any atom is 0.335 e. The molecule has 22 aromatic rings. The fraction of sp³-hybridized carbons (Fsp3) is 0.0517. The van der Waals surface area contributed by atoms with Crippen LogP contribution in [0.3, 0.4) is 0 Å². The lowest BCUT2D eigenvalue weighted by molar-refractivity contribution is 0.0696. The number of nitrogens with two attached hydrogens (primary N) is 9. The molecule has 0 saturated heterocycles. The minimum absolute atomic E-state index is 0.0282. The predicted molar refractivity (Wildman–Crippen MR) is 590 cm³/mol. The second-order valence-corrected chi connectivity index (χ2v) is 34.3. The zero-order chi connectivity index (χ0) is 105. The van der Waals surface area contributed by atoms with E-state index in [1.54, 1.807) is 107 Å². The molecule has 1 amide bonds. The van der Waals surface area contributed by atoms with Crippen LogP contribution >= 0.6 is 0 Å². The van der Waals surface area contributed by atoms with Crippen LogP contribution < -0.4 is 51.6 Å². The highest BCUT2D eigenvalue weighted by atomic mass is 16.4. The number of rotatable bonds is 13. The first-order chi connectivity index (χ1) is 72.7.